The molecule has 1 heterocycles. The minimum atomic E-state index is -3.68. The molecule has 6 aliphatic rings. The number of nitrogens with one attached hydrogen (secondary N) is 1. The highest BCUT2D eigenvalue weighted by Gasteiger charge is 2.71. The number of allylic oxidation sites excluding steroid dienone is 4. The van der Waals surface area contributed by atoms with Crippen LogP contribution in [0.1, 0.15) is 115 Å². The summed E-state index contributed by atoms with van der Waals surface area (Å²) >= 11 is 0. The molecule has 0 spiro atoms. The molecule has 1 aromatic carbocycles. The van der Waals surface area contributed by atoms with Crippen molar-refractivity contribution < 1.29 is 56.7 Å². The summed E-state index contributed by atoms with van der Waals surface area (Å²) in [5.41, 5.74) is 5.34. The second-order valence-electron chi connectivity index (χ2n) is 16.6. The van der Waals surface area contributed by atoms with Crippen LogP contribution < -0.4 is 5.43 Å². The van der Waals surface area contributed by atoms with E-state index in [1.54, 1.807) is 5.92 Å². The standard InChI is InChI=1S/C43H50F2N2O10/c1-7-43(44,45)42(52)19-18-34-32-16-14-29-20-30(15-17-31(29)35(32)33(21-41(34,42)6)28-12-10-27(11-13-28)26-8-9-26)46-47-40(51)57-39-38(56-25(5)50)37(55-24(4)49)36(22(2)53-39)54-23(3)48/h1,10-13,20,22,26,32-34,36-39,52H,8-9,14-19,21H2,2-6H3,(H,47,51)/b46-30+/t22-,32-,33?,34-,36+,37+,38-,39-,41-,42-/m0/s1. The lowest BCUT2D eigenvalue weighted by molar-refractivity contribution is -0.286. The Balaban J connectivity index is 1.14. The van der Waals surface area contributed by atoms with Crippen LogP contribution in [0.5, 0.6) is 0 Å². The van der Waals surface area contributed by atoms with Crippen LogP contribution in [0.4, 0.5) is 13.6 Å². The van der Waals surface area contributed by atoms with Crippen molar-refractivity contribution in [2.75, 3.05) is 0 Å². The van der Waals surface area contributed by atoms with E-state index in [9.17, 15) is 24.3 Å². The van der Waals surface area contributed by atoms with Crippen LogP contribution in [-0.4, -0.2) is 77.0 Å². The van der Waals surface area contributed by atoms with E-state index in [4.69, 9.17) is 30.1 Å². The number of carbonyl (C=O) groups excluding carboxylic acids is 4. The SMILES string of the molecule is C#CC(F)(F)[C@]1(O)CC[C@H]2[C@@H]3CCC4=C/C(=N/NC(=O)O[C@@H]5O[C@@H](C)[C@@H](OC(C)=O)[C@@H](OC(C)=O)[C@@H]5OC(C)=O)CCC4=C3C(c3ccc(C4CC4)cc3)C[C@@]21C. The molecule has 7 rings (SSSR count). The molecule has 2 N–H and O–H groups in total. The molecule has 1 aliphatic heterocycles. The number of benzene rings is 1. The monoisotopic (exact) mass is 792 g/mol. The van der Waals surface area contributed by atoms with Gasteiger partial charge in [0.1, 0.15) is 5.60 Å². The number of esters is 3. The Hall–Kier alpha value is -4.61. The van der Waals surface area contributed by atoms with Gasteiger partial charge in [0.05, 0.1) is 11.8 Å². The van der Waals surface area contributed by atoms with Gasteiger partial charge in [-0.1, -0.05) is 36.8 Å². The number of hydrogen-bond acceptors (Lipinski definition) is 11. The quantitative estimate of drug-likeness (QED) is 0.129. The molecule has 57 heavy (non-hydrogen) atoms. The lowest BCUT2D eigenvalue weighted by Crippen LogP contribution is -2.61. The number of nitrogens with zero attached hydrogens (tertiary/aromatic N) is 1. The van der Waals surface area contributed by atoms with Crippen LogP contribution >= 0.6 is 0 Å². The fraction of sp³-hybridized carbons (Fsp3) is 0.605. The van der Waals surface area contributed by atoms with E-state index < -0.39 is 71.6 Å². The maximum absolute atomic E-state index is 15.5. The predicted molar refractivity (Wildman–Crippen MR) is 200 cm³/mol. The molecule has 1 unspecified atom stereocenters. The molecule has 1 saturated heterocycles. The van der Waals surface area contributed by atoms with Crippen molar-refractivity contribution in [1.82, 2.24) is 5.43 Å². The van der Waals surface area contributed by atoms with Gasteiger partial charge in [-0.05, 0) is 117 Å². The topological polar surface area (TPSA) is 159 Å². The molecule has 10 atom stereocenters. The molecule has 14 heteroatoms. The third-order valence-electron chi connectivity index (χ3n) is 13.1. The van der Waals surface area contributed by atoms with Crippen molar-refractivity contribution in [1.29, 1.82) is 0 Å². The summed E-state index contributed by atoms with van der Waals surface area (Å²) in [6.45, 7) is 6.75. The Morgan fingerprint density at radius 2 is 1.54 bits per heavy atom. The minimum absolute atomic E-state index is 0.0162. The first-order valence-corrected chi connectivity index (χ1v) is 19.8. The van der Waals surface area contributed by atoms with Gasteiger partial charge in [0.2, 0.25) is 12.4 Å². The highest BCUT2D eigenvalue weighted by Crippen LogP contribution is 2.69. The first-order chi connectivity index (χ1) is 27.0. The Morgan fingerprint density at radius 3 is 2.18 bits per heavy atom. The predicted octanol–water partition coefficient (Wildman–Crippen LogP) is 6.52. The summed E-state index contributed by atoms with van der Waals surface area (Å²) in [5.74, 6) is -4.09. The van der Waals surface area contributed by atoms with E-state index in [1.807, 2.05) is 13.0 Å². The van der Waals surface area contributed by atoms with Crippen molar-refractivity contribution in [3.63, 3.8) is 0 Å². The molecular formula is C43H50F2N2O10. The summed E-state index contributed by atoms with van der Waals surface area (Å²) in [6.07, 6.45) is 5.33. The van der Waals surface area contributed by atoms with Crippen LogP contribution in [0.15, 0.2) is 52.2 Å². The van der Waals surface area contributed by atoms with E-state index in [0.717, 1.165) is 44.7 Å². The van der Waals surface area contributed by atoms with Gasteiger partial charge in [0.15, 0.2) is 12.2 Å². The number of terminal acetylenes is 1. The zero-order valence-corrected chi connectivity index (χ0v) is 32.8. The van der Waals surface area contributed by atoms with E-state index in [1.165, 1.54) is 23.6 Å². The number of carbonyl (C=O) groups is 4. The number of hydrazone groups is 1. The number of ether oxygens (including phenoxy) is 5. The second-order valence-corrected chi connectivity index (χ2v) is 16.6. The molecule has 1 amide bonds. The van der Waals surface area contributed by atoms with E-state index in [-0.39, 0.29) is 24.2 Å². The molecule has 0 aromatic heterocycles. The third kappa shape index (κ3) is 7.49. The minimum Gasteiger partial charge on any atom is -0.456 e. The molecule has 0 bridgehead atoms. The highest BCUT2D eigenvalue weighted by atomic mass is 19.3. The van der Waals surface area contributed by atoms with Crippen LogP contribution in [0.3, 0.4) is 0 Å². The summed E-state index contributed by atoms with van der Waals surface area (Å²) in [5, 5.41) is 16.2. The fourth-order valence-electron chi connectivity index (χ4n) is 10.4. The van der Waals surface area contributed by atoms with Crippen LogP contribution in [-0.2, 0) is 38.1 Å². The van der Waals surface area contributed by atoms with Gasteiger partial charge < -0.3 is 28.8 Å². The number of aliphatic hydroxyl groups is 1. The zero-order valence-electron chi connectivity index (χ0n) is 32.8. The van der Waals surface area contributed by atoms with E-state index >= 15 is 8.78 Å². The highest BCUT2D eigenvalue weighted by molar-refractivity contribution is 5.98. The molecule has 12 nitrogen and oxygen atoms in total. The van der Waals surface area contributed by atoms with Crippen molar-refractivity contribution in [2.24, 2.45) is 22.4 Å². The molecule has 0 radical (unpaired) electrons. The van der Waals surface area contributed by atoms with Crippen LogP contribution in [0.25, 0.3) is 0 Å². The summed E-state index contributed by atoms with van der Waals surface area (Å²) in [4.78, 5) is 49.0. The van der Waals surface area contributed by atoms with E-state index in [2.05, 4.69) is 34.8 Å². The van der Waals surface area contributed by atoms with Gasteiger partial charge in [-0.15, -0.1) is 6.42 Å². The normalized spacial score (nSPS) is 35.4. The zero-order chi connectivity index (χ0) is 41.0. The Labute approximate surface area is 330 Å². The Kier molecular flexibility index (Phi) is 10.9. The van der Waals surface area contributed by atoms with E-state index in [0.29, 0.717) is 50.2 Å². The van der Waals surface area contributed by atoms with Gasteiger partial charge >= 0.3 is 29.9 Å². The third-order valence-corrected chi connectivity index (χ3v) is 13.1. The molecule has 5 aliphatic carbocycles. The lowest BCUT2D eigenvalue weighted by atomic mass is 9.50. The average molecular weight is 793 g/mol. The number of halogens is 2. The molecule has 1 aromatic rings. The van der Waals surface area contributed by atoms with Gasteiger partial charge in [-0.2, -0.15) is 13.9 Å². The first kappa shape index (κ1) is 40.6. The van der Waals surface area contributed by atoms with Crippen molar-refractivity contribution in [2.45, 2.75) is 146 Å². The first-order valence-electron chi connectivity index (χ1n) is 19.8. The van der Waals surface area contributed by atoms with Crippen molar-refractivity contribution in [3.8, 4) is 12.3 Å². The number of fused-ring (bicyclic) bond motifs is 4. The van der Waals surface area contributed by atoms with Gasteiger partial charge in [-0.25, -0.2) is 10.2 Å². The maximum atomic E-state index is 15.5. The average Bonchev–Trinajstić information content (AvgIpc) is 3.97. The Bertz CT molecular complexity index is 1950. The van der Waals surface area contributed by atoms with Crippen LogP contribution in [0.2, 0.25) is 0 Å². The number of amides is 1. The van der Waals surface area contributed by atoms with Gasteiger partial charge in [-0.3, -0.25) is 14.4 Å². The number of alkyl halides is 2. The Morgan fingerprint density at radius 1 is 0.912 bits per heavy atom. The van der Waals surface area contributed by atoms with Crippen molar-refractivity contribution in [3.05, 3.63) is 58.2 Å². The smallest absolute Gasteiger partial charge is 0.430 e. The summed E-state index contributed by atoms with van der Waals surface area (Å²) in [7, 11) is 0. The van der Waals surface area contributed by atoms with Gasteiger partial charge in [0.25, 0.3) is 0 Å². The van der Waals surface area contributed by atoms with Gasteiger partial charge in [0, 0.05) is 32.1 Å². The lowest BCUT2D eigenvalue weighted by Gasteiger charge is -2.55. The number of rotatable bonds is 8. The number of hydrogen-bond donors (Lipinski definition) is 2. The summed E-state index contributed by atoms with van der Waals surface area (Å²) in [6, 6.07) is 8.54. The van der Waals surface area contributed by atoms with Crippen LogP contribution in [0, 0.1) is 29.6 Å². The molecule has 4 fully saturated rings. The summed E-state index contributed by atoms with van der Waals surface area (Å²) < 4.78 is 58.4. The molecular weight excluding hydrogens is 742 g/mol. The largest absolute Gasteiger partial charge is 0.456 e. The fourth-order valence-corrected chi connectivity index (χ4v) is 10.4. The molecule has 3 saturated carbocycles. The van der Waals surface area contributed by atoms with Crippen molar-refractivity contribution >= 4 is 29.7 Å². The second kappa shape index (κ2) is 15.3. The molecule has 306 valence electrons. The maximum Gasteiger partial charge on any atom is 0.430 e.